The van der Waals surface area contributed by atoms with Gasteiger partial charge in [0.25, 0.3) is 20.2 Å². The smallest absolute Gasteiger partial charge is 0.295 e. The summed E-state index contributed by atoms with van der Waals surface area (Å²) in [6.07, 6.45) is 6.26. The summed E-state index contributed by atoms with van der Waals surface area (Å²) in [4.78, 5) is 9.71. The Hall–Kier alpha value is -2.49. The van der Waals surface area contributed by atoms with Crippen molar-refractivity contribution in [2.45, 2.75) is 27.5 Å². The van der Waals surface area contributed by atoms with Gasteiger partial charge >= 0.3 is 89.1 Å². The molecule has 6 N–H and O–H groups in total. The van der Waals surface area contributed by atoms with Gasteiger partial charge in [-0.05, 0) is 12.1 Å². The normalized spacial score (nSPS) is 19.7. The molecule has 2 aromatic carbocycles. The van der Waals surface area contributed by atoms with Crippen LogP contribution in [0.15, 0.2) is 64.4 Å². The standard InChI is InChI=1S/C10H8O7S2.C8H12AsNO5/c11-9-5-6(18(12,13)14)4-8-7(9)2-1-3-10(8)19(15,16)17;1-7(11)10-8(9(12,13)15-14)5-3-2-4-6-8/h1-5,11H,(H,12,13,14)(H,15,16,17);2-5,14H,6H2,1H3,(H,10,11)(H,12,13). The summed E-state index contributed by atoms with van der Waals surface area (Å²) >= 11 is -5.02. The maximum atomic E-state index is 11.6. The van der Waals surface area contributed by atoms with Crippen LogP contribution in [0.5, 0.6) is 5.75 Å². The molecule has 34 heavy (non-hydrogen) atoms. The minimum Gasteiger partial charge on any atom is -0.507 e. The average Bonchev–Trinajstić information content (AvgIpc) is 2.72. The summed E-state index contributed by atoms with van der Waals surface area (Å²) in [5, 5.41) is 20.2. The number of rotatable bonds is 5. The third-order valence-corrected chi connectivity index (χ3v) is 9.79. The molecule has 1 aliphatic carbocycles. The van der Waals surface area contributed by atoms with Crippen molar-refractivity contribution in [3.05, 3.63) is 54.6 Å². The summed E-state index contributed by atoms with van der Waals surface area (Å²) in [5.41, 5.74) is 0. The van der Waals surface area contributed by atoms with Gasteiger partial charge in [-0.15, -0.1) is 0 Å². The number of amides is 1. The summed E-state index contributed by atoms with van der Waals surface area (Å²) in [7, 11) is -9.21. The van der Waals surface area contributed by atoms with Crippen molar-refractivity contribution in [3.8, 4) is 5.75 Å². The molecule has 2 unspecified atom stereocenters. The number of carbonyl (C=O) groups is 1. The molecule has 16 heteroatoms. The number of phenols is 1. The van der Waals surface area contributed by atoms with Crippen molar-refractivity contribution < 1.29 is 52.8 Å². The van der Waals surface area contributed by atoms with Crippen LogP contribution < -0.4 is 5.32 Å². The average molecular weight is 581 g/mol. The first-order chi connectivity index (χ1) is 15.5. The van der Waals surface area contributed by atoms with E-state index < -0.39 is 60.2 Å². The Morgan fingerprint density at radius 1 is 1.09 bits per heavy atom. The van der Waals surface area contributed by atoms with Gasteiger partial charge in [-0.2, -0.15) is 16.8 Å². The van der Waals surface area contributed by atoms with Gasteiger partial charge in [0.05, 0.1) is 4.90 Å². The van der Waals surface area contributed by atoms with E-state index in [2.05, 4.69) is 9.19 Å². The van der Waals surface area contributed by atoms with Crippen molar-refractivity contribution in [1.82, 2.24) is 5.32 Å². The molecular weight excluding hydrogens is 561 g/mol. The van der Waals surface area contributed by atoms with Crippen LogP contribution in [-0.2, 0) is 32.6 Å². The maximum Gasteiger partial charge on any atom is 0.295 e. The Labute approximate surface area is 196 Å². The molecule has 0 spiro atoms. The Morgan fingerprint density at radius 3 is 2.21 bits per heavy atom. The van der Waals surface area contributed by atoms with E-state index >= 15 is 0 Å². The monoisotopic (exact) mass is 581 g/mol. The number of benzene rings is 2. The van der Waals surface area contributed by atoms with Gasteiger partial charge in [0, 0.05) is 16.8 Å². The second kappa shape index (κ2) is 10.0. The molecule has 0 saturated carbocycles. The summed E-state index contributed by atoms with van der Waals surface area (Å²) in [6, 6.07) is 5.30. The zero-order valence-corrected chi connectivity index (χ0v) is 20.8. The first kappa shape index (κ1) is 27.8. The van der Waals surface area contributed by atoms with Gasteiger partial charge in [0.15, 0.2) is 0 Å². The predicted molar refractivity (Wildman–Crippen MR) is 117 cm³/mol. The van der Waals surface area contributed by atoms with Crippen LogP contribution in [0.3, 0.4) is 0 Å². The van der Waals surface area contributed by atoms with Gasteiger partial charge in [-0.3, -0.25) is 9.11 Å². The Morgan fingerprint density at radius 2 is 1.74 bits per heavy atom. The minimum atomic E-state index is -5.02. The van der Waals surface area contributed by atoms with Crippen LogP contribution in [-0.4, -0.2) is 64.8 Å². The molecular formula is C18H20AsNO12S2. The van der Waals surface area contributed by atoms with E-state index in [9.17, 15) is 34.6 Å². The predicted octanol–water partition coefficient (Wildman–Crippen LogP) is 0.807. The second-order valence-electron chi connectivity index (χ2n) is 6.94. The number of allylic oxidation sites excluding steroid dienone is 2. The molecule has 0 fully saturated rings. The fourth-order valence-corrected chi connectivity index (χ4v) is 6.48. The van der Waals surface area contributed by atoms with E-state index in [1.165, 1.54) is 31.2 Å². The van der Waals surface area contributed by atoms with E-state index in [0.29, 0.717) is 0 Å². The molecule has 186 valence electrons. The fourth-order valence-electron chi connectivity index (χ4n) is 3.05. The van der Waals surface area contributed by atoms with E-state index in [0.717, 1.165) is 18.2 Å². The van der Waals surface area contributed by atoms with Gasteiger partial charge < -0.3 is 5.11 Å². The zero-order chi connectivity index (χ0) is 25.9. The van der Waals surface area contributed by atoms with Crippen LogP contribution in [0.25, 0.3) is 10.8 Å². The molecule has 2 aromatic rings. The van der Waals surface area contributed by atoms with Gasteiger partial charge in [0.1, 0.15) is 10.6 Å². The van der Waals surface area contributed by atoms with Gasteiger partial charge in [0.2, 0.25) is 0 Å². The van der Waals surface area contributed by atoms with E-state index in [1.807, 2.05) is 0 Å². The summed E-state index contributed by atoms with van der Waals surface area (Å²) in [5.74, 6) is -1.00. The number of nitrogens with one attached hydrogen (secondary N) is 1. The Kier molecular flexibility index (Phi) is 8.17. The molecule has 0 bridgehead atoms. The van der Waals surface area contributed by atoms with Crippen molar-refractivity contribution in [1.29, 1.82) is 0 Å². The SMILES string of the molecule is CC(=O)NC1([As](=O)(O)OO)C=CC=CC1.O=S(=O)(O)c1cc(O)c2cccc(S(=O)(=O)O)c2c1. The van der Waals surface area contributed by atoms with E-state index in [-0.39, 0.29) is 17.2 Å². The Balaban J connectivity index is 0.000000248. The van der Waals surface area contributed by atoms with E-state index in [1.54, 1.807) is 12.2 Å². The molecule has 0 heterocycles. The first-order valence-electron chi connectivity index (χ1n) is 9.04. The van der Waals surface area contributed by atoms with Crippen molar-refractivity contribution >= 4 is 51.1 Å². The van der Waals surface area contributed by atoms with Gasteiger partial charge in [-0.25, -0.2) is 0 Å². The largest absolute Gasteiger partial charge is 0.507 e. The zero-order valence-electron chi connectivity index (χ0n) is 17.3. The fraction of sp³-hybridized carbons (Fsp3) is 0.167. The van der Waals surface area contributed by atoms with Crippen LogP contribution in [0, 0.1) is 0 Å². The molecule has 3 rings (SSSR count). The summed E-state index contributed by atoms with van der Waals surface area (Å²) in [6.45, 7) is 1.22. The molecule has 0 radical (unpaired) electrons. The maximum absolute atomic E-state index is 11.6. The molecule has 1 aliphatic rings. The molecule has 0 aromatic heterocycles. The minimum absolute atomic E-state index is 0.0301. The third-order valence-electron chi connectivity index (χ3n) is 4.54. The van der Waals surface area contributed by atoms with Gasteiger partial charge in [-0.1, -0.05) is 12.1 Å². The van der Waals surface area contributed by atoms with Crippen LogP contribution in [0.1, 0.15) is 13.3 Å². The molecule has 13 nitrogen and oxygen atoms in total. The number of hydrogen-bond acceptors (Lipinski definition) is 9. The van der Waals surface area contributed by atoms with Crippen molar-refractivity contribution in [2.75, 3.05) is 0 Å². The molecule has 0 aliphatic heterocycles. The first-order valence-corrected chi connectivity index (χ1v) is 15.2. The number of phenolic OH excluding ortho intramolecular Hbond substituents is 1. The van der Waals surface area contributed by atoms with Crippen LogP contribution in [0.2, 0.25) is 0 Å². The third kappa shape index (κ3) is 6.14. The second-order valence-corrected chi connectivity index (χ2v) is 14.0. The number of aromatic hydroxyl groups is 1. The molecule has 2 atom stereocenters. The molecule has 0 saturated heterocycles. The molecule has 1 amide bonds. The number of hydrogen-bond donors (Lipinski definition) is 6. The van der Waals surface area contributed by atoms with Crippen LogP contribution in [0.4, 0.5) is 0 Å². The number of fused-ring (bicyclic) bond motifs is 1. The van der Waals surface area contributed by atoms with Crippen molar-refractivity contribution in [2.24, 2.45) is 0 Å². The summed E-state index contributed by atoms with van der Waals surface area (Å²) < 4.78 is 85.6. The van der Waals surface area contributed by atoms with Crippen LogP contribution >= 0.6 is 0 Å². The Bertz CT molecular complexity index is 1430. The van der Waals surface area contributed by atoms with Crippen molar-refractivity contribution in [3.63, 3.8) is 0 Å². The quantitative estimate of drug-likeness (QED) is 0.125. The number of carbonyl (C=O) groups excluding carboxylic acids is 1. The topological polar surface area (TPSA) is 225 Å². The van der Waals surface area contributed by atoms with E-state index in [4.69, 9.17) is 14.4 Å².